The molecule has 0 fully saturated rings. The molecule has 1 aromatic heterocycles. The molecule has 0 unspecified atom stereocenters. The molecule has 0 saturated heterocycles. The van der Waals surface area contributed by atoms with Crippen molar-refractivity contribution in [1.29, 1.82) is 0 Å². The lowest BCUT2D eigenvalue weighted by Crippen LogP contribution is -1.83. The molecular formula is C15H13N3. The Hall–Kier alpha value is -2.42. The molecule has 3 rings (SSSR count). The van der Waals surface area contributed by atoms with Crippen LogP contribution < -0.4 is 0 Å². The Morgan fingerprint density at radius 2 is 1.83 bits per heavy atom. The van der Waals surface area contributed by atoms with Crippen LogP contribution in [0.3, 0.4) is 0 Å². The number of hydrogen-bond donors (Lipinski definition) is 1. The number of fused-ring (bicyclic) bond motifs is 1. The summed E-state index contributed by atoms with van der Waals surface area (Å²) in [4.78, 5) is 12.1. The highest BCUT2D eigenvalue weighted by molar-refractivity contribution is 5.85. The van der Waals surface area contributed by atoms with Gasteiger partial charge < -0.3 is 4.98 Å². The second-order valence-electron chi connectivity index (χ2n) is 4.18. The minimum Gasteiger partial charge on any atom is -0.337 e. The van der Waals surface area contributed by atoms with Gasteiger partial charge in [0.2, 0.25) is 0 Å². The van der Waals surface area contributed by atoms with Gasteiger partial charge in [0, 0.05) is 0 Å². The van der Waals surface area contributed by atoms with Gasteiger partial charge in [0.25, 0.3) is 0 Å². The maximum Gasteiger partial charge on any atom is 0.149 e. The number of rotatable bonds is 2. The van der Waals surface area contributed by atoms with Crippen LogP contribution in [0.5, 0.6) is 0 Å². The van der Waals surface area contributed by atoms with Crippen molar-refractivity contribution >= 4 is 22.9 Å². The number of aryl methyl sites for hydroxylation is 1. The largest absolute Gasteiger partial charge is 0.337 e. The number of aromatic amines is 1. The van der Waals surface area contributed by atoms with Crippen LogP contribution in [-0.4, -0.2) is 16.2 Å². The van der Waals surface area contributed by atoms with E-state index in [2.05, 4.69) is 15.0 Å². The van der Waals surface area contributed by atoms with E-state index in [-0.39, 0.29) is 0 Å². The summed E-state index contributed by atoms with van der Waals surface area (Å²) in [6.45, 7) is 2.05. The normalized spacial score (nSPS) is 11.4. The maximum atomic E-state index is 4.45. The summed E-state index contributed by atoms with van der Waals surface area (Å²) < 4.78 is 0. The second kappa shape index (κ2) is 4.45. The first-order valence-electron chi connectivity index (χ1n) is 5.87. The monoisotopic (exact) mass is 235 g/mol. The molecule has 0 bridgehead atoms. The number of para-hydroxylation sites is 3. The van der Waals surface area contributed by atoms with Crippen LogP contribution >= 0.6 is 0 Å². The van der Waals surface area contributed by atoms with Gasteiger partial charge in [0.15, 0.2) is 0 Å². The second-order valence-corrected chi connectivity index (χ2v) is 4.18. The number of nitrogens with one attached hydrogen (secondary N) is 1. The third-order valence-corrected chi connectivity index (χ3v) is 2.85. The van der Waals surface area contributed by atoms with Crippen molar-refractivity contribution in [1.82, 2.24) is 9.97 Å². The van der Waals surface area contributed by atoms with Gasteiger partial charge in [-0.3, -0.25) is 4.99 Å². The summed E-state index contributed by atoms with van der Waals surface area (Å²) in [5.41, 5.74) is 4.12. The molecule has 1 N–H and O–H groups in total. The number of benzene rings is 2. The van der Waals surface area contributed by atoms with Gasteiger partial charge in [-0.15, -0.1) is 0 Å². The maximum absolute atomic E-state index is 4.45. The Kier molecular flexibility index (Phi) is 2.65. The van der Waals surface area contributed by atoms with Crippen molar-refractivity contribution in [2.45, 2.75) is 6.92 Å². The molecule has 3 heteroatoms. The number of nitrogens with zero attached hydrogens (tertiary/aromatic N) is 2. The van der Waals surface area contributed by atoms with Crippen LogP contribution in [0.2, 0.25) is 0 Å². The average Bonchev–Trinajstić information content (AvgIpc) is 2.80. The molecule has 88 valence electrons. The van der Waals surface area contributed by atoms with E-state index in [1.807, 2.05) is 55.5 Å². The standard InChI is InChI=1S/C15H13N3/c1-11-6-2-3-7-12(11)16-10-15-17-13-8-4-5-9-14(13)18-15/h2-10H,1H3,(H,17,18)/b16-10+. The van der Waals surface area contributed by atoms with E-state index in [0.29, 0.717) is 0 Å². The van der Waals surface area contributed by atoms with Crippen molar-refractivity contribution in [3.63, 3.8) is 0 Å². The molecule has 0 saturated carbocycles. The molecule has 0 aliphatic rings. The Morgan fingerprint density at radius 3 is 2.67 bits per heavy atom. The molecule has 2 aromatic carbocycles. The summed E-state index contributed by atoms with van der Waals surface area (Å²) in [6.07, 6.45) is 1.77. The topological polar surface area (TPSA) is 41.0 Å². The molecule has 0 atom stereocenters. The van der Waals surface area contributed by atoms with Gasteiger partial charge in [0.05, 0.1) is 22.9 Å². The third-order valence-electron chi connectivity index (χ3n) is 2.85. The molecule has 18 heavy (non-hydrogen) atoms. The van der Waals surface area contributed by atoms with Crippen molar-refractivity contribution in [2.75, 3.05) is 0 Å². The lowest BCUT2D eigenvalue weighted by molar-refractivity contribution is 1.29. The summed E-state index contributed by atoms with van der Waals surface area (Å²) in [5, 5.41) is 0. The highest BCUT2D eigenvalue weighted by atomic mass is 14.9. The average molecular weight is 235 g/mol. The Balaban J connectivity index is 1.95. The predicted octanol–water partition coefficient (Wildman–Crippen LogP) is 3.62. The van der Waals surface area contributed by atoms with Gasteiger partial charge in [-0.2, -0.15) is 0 Å². The highest BCUT2D eigenvalue weighted by Crippen LogP contribution is 2.17. The molecule has 3 aromatic rings. The van der Waals surface area contributed by atoms with Crippen molar-refractivity contribution in [2.24, 2.45) is 4.99 Å². The van der Waals surface area contributed by atoms with Crippen LogP contribution in [0, 0.1) is 6.92 Å². The molecule has 0 aliphatic heterocycles. The first-order chi connectivity index (χ1) is 8.83. The lowest BCUT2D eigenvalue weighted by atomic mass is 10.2. The predicted molar refractivity (Wildman–Crippen MR) is 74.5 cm³/mol. The van der Waals surface area contributed by atoms with Crippen LogP contribution in [0.4, 0.5) is 5.69 Å². The summed E-state index contributed by atoms with van der Waals surface area (Å²) >= 11 is 0. The smallest absolute Gasteiger partial charge is 0.149 e. The molecule has 1 heterocycles. The van der Waals surface area contributed by atoms with Gasteiger partial charge in [0.1, 0.15) is 5.82 Å². The van der Waals surface area contributed by atoms with Crippen LogP contribution in [0.15, 0.2) is 53.5 Å². The van der Waals surface area contributed by atoms with Crippen LogP contribution in [-0.2, 0) is 0 Å². The SMILES string of the molecule is Cc1ccccc1/N=C/c1nc2ccccc2[nH]1. The van der Waals surface area contributed by atoms with E-state index in [0.717, 1.165) is 28.1 Å². The third kappa shape index (κ3) is 2.02. The fourth-order valence-corrected chi connectivity index (χ4v) is 1.87. The van der Waals surface area contributed by atoms with E-state index in [1.54, 1.807) is 6.21 Å². The summed E-state index contributed by atoms with van der Waals surface area (Å²) in [5.74, 6) is 0.777. The van der Waals surface area contributed by atoms with Crippen LogP contribution in [0.1, 0.15) is 11.4 Å². The van der Waals surface area contributed by atoms with Crippen LogP contribution in [0.25, 0.3) is 11.0 Å². The number of aromatic nitrogens is 2. The number of hydrogen-bond acceptors (Lipinski definition) is 2. The Bertz CT molecular complexity index is 677. The summed E-state index contributed by atoms with van der Waals surface area (Å²) in [7, 11) is 0. The quantitative estimate of drug-likeness (QED) is 0.677. The minimum atomic E-state index is 0.777. The Morgan fingerprint density at radius 1 is 1.06 bits per heavy atom. The zero-order valence-corrected chi connectivity index (χ0v) is 10.1. The van der Waals surface area contributed by atoms with Gasteiger partial charge >= 0.3 is 0 Å². The highest BCUT2D eigenvalue weighted by Gasteiger charge is 1.99. The number of imidazole rings is 1. The number of H-pyrrole nitrogens is 1. The zero-order chi connectivity index (χ0) is 12.4. The first-order valence-corrected chi connectivity index (χ1v) is 5.87. The minimum absolute atomic E-state index is 0.777. The Labute approximate surface area is 105 Å². The van der Waals surface area contributed by atoms with Crippen molar-refractivity contribution < 1.29 is 0 Å². The van der Waals surface area contributed by atoms with E-state index >= 15 is 0 Å². The first kappa shape index (κ1) is 10.7. The van der Waals surface area contributed by atoms with Gasteiger partial charge in [-0.25, -0.2) is 4.98 Å². The fraction of sp³-hybridized carbons (Fsp3) is 0.0667. The molecule has 3 nitrogen and oxygen atoms in total. The molecule has 0 aliphatic carbocycles. The number of aliphatic imine (C=N–C) groups is 1. The molecule has 0 spiro atoms. The van der Waals surface area contributed by atoms with Crippen molar-refractivity contribution in [3.8, 4) is 0 Å². The van der Waals surface area contributed by atoms with E-state index in [1.165, 1.54) is 0 Å². The fourth-order valence-electron chi connectivity index (χ4n) is 1.87. The van der Waals surface area contributed by atoms with Gasteiger partial charge in [-0.1, -0.05) is 30.3 Å². The van der Waals surface area contributed by atoms with E-state index in [4.69, 9.17) is 0 Å². The molecule has 0 radical (unpaired) electrons. The zero-order valence-electron chi connectivity index (χ0n) is 10.1. The van der Waals surface area contributed by atoms with Gasteiger partial charge in [-0.05, 0) is 30.7 Å². The summed E-state index contributed by atoms with van der Waals surface area (Å²) in [6, 6.07) is 16.0. The van der Waals surface area contributed by atoms with Crippen molar-refractivity contribution in [3.05, 3.63) is 59.9 Å². The molecule has 0 amide bonds. The van der Waals surface area contributed by atoms with E-state index in [9.17, 15) is 0 Å². The lowest BCUT2D eigenvalue weighted by Gasteiger charge is -1.96. The van der Waals surface area contributed by atoms with E-state index < -0.39 is 0 Å². The molecular weight excluding hydrogens is 222 g/mol.